The molecular formula is C32H38ClN2O4S-. The molecule has 1 fully saturated rings. The number of nitrogens with zero attached hydrogens (tertiary/aromatic N) is 2. The molecule has 2 aliphatic heterocycles. The molecule has 40 heavy (non-hydrogen) atoms. The number of fused-ring (bicyclic) bond motifs is 4. The van der Waals surface area contributed by atoms with Crippen LogP contribution in [0.2, 0.25) is 5.02 Å². The molecule has 2 bridgehead atoms. The Morgan fingerprint density at radius 1 is 1.20 bits per heavy atom. The summed E-state index contributed by atoms with van der Waals surface area (Å²) in [6, 6.07) is 11.9. The number of hydrogen-bond donors (Lipinski definition) is 0. The third kappa shape index (κ3) is 5.45. The van der Waals surface area contributed by atoms with E-state index in [0.29, 0.717) is 29.8 Å². The second-order valence-electron chi connectivity index (χ2n) is 12.1. The van der Waals surface area contributed by atoms with Crippen LogP contribution in [0.3, 0.4) is 0 Å². The molecule has 2 aromatic rings. The van der Waals surface area contributed by atoms with Crippen LogP contribution in [0.15, 0.2) is 52.9 Å². The van der Waals surface area contributed by atoms with E-state index in [2.05, 4.69) is 33.5 Å². The zero-order chi connectivity index (χ0) is 27.9. The molecular weight excluding hydrogens is 544 g/mol. The molecule has 6 nitrogen and oxygen atoms in total. The normalized spacial score (nSPS) is 31.7. The predicted molar refractivity (Wildman–Crippen MR) is 160 cm³/mol. The van der Waals surface area contributed by atoms with Gasteiger partial charge < -0.3 is 22.9 Å². The van der Waals surface area contributed by atoms with Gasteiger partial charge in [-0.15, -0.1) is 0 Å². The highest BCUT2D eigenvalue weighted by Gasteiger charge is 2.44. The summed E-state index contributed by atoms with van der Waals surface area (Å²) in [6.07, 6.45) is 10.6. The van der Waals surface area contributed by atoms with E-state index in [-0.39, 0.29) is 17.4 Å². The van der Waals surface area contributed by atoms with Gasteiger partial charge >= 0.3 is 0 Å². The summed E-state index contributed by atoms with van der Waals surface area (Å²) in [4.78, 5) is 15.6. The Kier molecular flexibility index (Phi) is 7.99. The minimum atomic E-state index is -1.58. The fraction of sp³-hybridized carbons (Fsp3) is 0.531. The molecule has 0 saturated heterocycles. The van der Waals surface area contributed by atoms with Gasteiger partial charge in [-0.2, -0.15) is 10.6 Å². The van der Waals surface area contributed by atoms with E-state index in [0.717, 1.165) is 68.1 Å². The van der Waals surface area contributed by atoms with Gasteiger partial charge in [0.05, 0.1) is 18.4 Å². The summed E-state index contributed by atoms with van der Waals surface area (Å²) in [5.74, 6) is 1.74. The number of anilines is 1. The third-order valence-electron chi connectivity index (χ3n) is 9.39. The summed E-state index contributed by atoms with van der Waals surface area (Å²) in [5, 5.41) is 0.772. The molecule has 1 spiro atoms. The van der Waals surface area contributed by atoms with E-state index < -0.39 is 16.5 Å². The van der Waals surface area contributed by atoms with Gasteiger partial charge in [-0.1, -0.05) is 48.4 Å². The lowest BCUT2D eigenvalue weighted by molar-refractivity contribution is 0.0131. The summed E-state index contributed by atoms with van der Waals surface area (Å²) >= 11 is 6.40. The molecule has 1 saturated carbocycles. The number of carbonyl (C=O) groups is 1. The van der Waals surface area contributed by atoms with E-state index >= 15 is 0 Å². The first-order chi connectivity index (χ1) is 19.3. The van der Waals surface area contributed by atoms with Crippen LogP contribution in [0.5, 0.6) is 5.75 Å². The van der Waals surface area contributed by atoms with Crippen molar-refractivity contribution in [3.63, 3.8) is 0 Å². The van der Waals surface area contributed by atoms with Crippen molar-refractivity contribution in [1.29, 1.82) is 0 Å². The average Bonchev–Trinajstić information content (AvgIpc) is 3.06. The molecule has 0 aromatic heterocycles. The smallest absolute Gasteiger partial charge is 0.254 e. The van der Waals surface area contributed by atoms with Gasteiger partial charge in [-0.25, -0.2) is 0 Å². The zero-order valence-corrected chi connectivity index (χ0v) is 24.9. The Labute approximate surface area is 244 Å². The Morgan fingerprint density at radius 3 is 2.88 bits per heavy atom. The van der Waals surface area contributed by atoms with Crippen LogP contribution in [0, 0.1) is 17.8 Å². The topological polar surface area (TPSA) is 68.2 Å². The highest BCUT2D eigenvalue weighted by molar-refractivity contribution is 7.75. The van der Waals surface area contributed by atoms with Gasteiger partial charge in [-0.05, 0) is 91.8 Å². The molecule has 4 aliphatic rings. The lowest BCUT2D eigenvalue weighted by Gasteiger charge is -2.46. The van der Waals surface area contributed by atoms with E-state index in [1.54, 1.807) is 13.2 Å². The van der Waals surface area contributed by atoms with Crippen molar-refractivity contribution in [1.82, 2.24) is 0 Å². The molecule has 2 aromatic carbocycles. The highest BCUT2D eigenvalue weighted by Crippen LogP contribution is 2.47. The van der Waals surface area contributed by atoms with Crippen LogP contribution in [-0.2, 0) is 31.4 Å². The SMILES string of the molecule is CO[C@H]1/C=C\C[C@H](C)C[S-](=O)=NC(=O)c2ccc3c(c2)N(C[C@@H]2CC[C@H]21)C[C@@]1(CCCc2cc(Cl)ccc21)CO3. The first-order valence-electron chi connectivity index (χ1n) is 14.5. The van der Waals surface area contributed by atoms with E-state index in [4.69, 9.17) is 21.1 Å². The standard InChI is InChI=1S/C32H38ClN2O4S/c1-21-5-3-7-29(38-2)26-11-8-24(26)17-35-19-32(14-4-6-22-15-25(33)10-12-27(22)32)20-39-30-13-9-23(16-28(30)35)31(36)34-40(37)18-21/h3,7,9-10,12-13,15-16,21,24,26,29H,4-6,8,11,14,17-20H2,1-2H3/q-1/b7-3-/t21-,24-,26+,29-,32-/m0/s1. The number of allylic oxidation sites excluding steroid dienone is 1. The van der Waals surface area contributed by atoms with Crippen LogP contribution in [0.1, 0.15) is 60.5 Å². The lowest BCUT2D eigenvalue weighted by atomic mass is 9.68. The molecule has 1 amide bonds. The van der Waals surface area contributed by atoms with E-state index in [1.807, 2.05) is 25.1 Å². The molecule has 8 heteroatoms. The van der Waals surface area contributed by atoms with Crippen molar-refractivity contribution < 1.29 is 18.5 Å². The number of halogens is 1. The molecule has 5 atom stereocenters. The number of amides is 1. The monoisotopic (exact) mass is 581 g/mol. The number of carbonyl (C=O) groups excluding carboxylic acids is 1. The first kappa shape index (κ1) is 27.8. The first-order valence-corrected chi connectivity index (χ1v) is 16.2. The van der Waals surface area contributed by atoms with Gasteiger partial charge in [0.25, 0.3) is 5.91 Å². The summed E-state index contributed by atoms with van der Waals surface area (Å²) in [6.45, 7) is 4.27. The van der Waals surface area contributed by atoms with Crippen molar-refractivity contribution in [2.24, 2.45) is 22.1 Å². The minimum Gasteiger partial charge on any atom is -0.490 e. The van der Waals surface area contributed by atoms with Crippen LogP contribution in [0.25, 0.3) is 0 Å². The Hall–Kier alpha value is -2.35. The van der Waals surface area contributed by atoms with Gasteiger partial charge in [0.2, 0.25) is 0 Å². The molecule has 0 unspecified atom stereocenters. The summed E-state index contributed by atoms with van der Waals surface area (Å²) in [7, 11) is 0.217. The maximum Gasteiger partial charge on any atom is 0.254 e. The number of ether oxygens (including phenoxy) is 2. The molecule has 2 heterocycles. The van der Waals surface area contributed by atoms with Gasteiger partial charge in [0.1, 0.15) is 5.75 Å². The molecule has 2 aliphatic carbocycles. The number of rotatable bonds is 1. The van der Waals surface area contributed by atoms with Crippen molar-refractivity contribution in [3.8, 4) is 5.75 Å². The minimum absolute atomic E-state index is 0.0520. The molecule has 0 radical (unpaired) electrons. The Morgan fingerprint density at radius 2 is 2.08 bits per heavy atom. The van der Waals surface area contributed by atoms with Crippen LogP contribution in [-0.4, -0.2) is 44.6 Å². The predicted octanol–water partition coefficient (Wildman–Crippen LogP) is 6.74. The fourth-order valence-corrected chi connectivity index (χ4v) is 8.30. The number of aryl methyl sites for hydroxylation is 1. The maximum atomic E-state index is 13.1. The van der Waals surface area contributed by atoms with Gasteiger partial charge in [0.15, 0.2) is 0 Å². The number of methoxy groups -OCH3 is 1. The largest absolute Gasteiger partial charge is 0.490 e. The van der Waals surface area contributed by atoms with Crippen molar-refractivity contribution in [3.05, 3.63) is 70.3 Å². The number of benzene rings is 2. The van der Waals surface area contributed by atoms with Crippen LogP contribution < -0.4 is 9.64 Å². The van der Waals surface area contributed by atoms with Crippen molar-refractivity contribution in [2.45, 2.75) is 57.0 Å². The second kappa shape index (κ2) is 11.5. The van der Waals surface area contributed by atoms with Gasteiger partial charge in [0, 0.05) is 36.2 Å². The highest BCUT2D eigenvalue weighted by atomic mass is 35.5. The second-order valence-corrected chi connectivity index (χ2v) is 13.7. The third-order valence-corrected chi connectivity index (χ3v) is 10.8. The fourth-order valence-electron chi connectivity index (χ4n) is 7.12. The summed E-state index contributed by atoms with van der Waals surface area (Å²) < 4.78 is 29.4. The molecule has 6 rings (SSSR count). The Balaban J connectivity index is 1.43. The molecule has 0 N–H and O–H groups in total. The maximum absolute atomic E-state index is 13.1. The van der Waals surface area contributed by atoms with E-state index in [1.165, 1.54) is 11.1 Å². The quantitative estimate of drug-likeness (QED) is 0.276. The summed E-state index contributed by atoms with van der Waals surface area (Å²) in [5.41, 5.74) is 3.82. The number of hydrogen-bond acceptors (Lipinski definition) is 6. The van der Waals surface area contributed by atoms with Gasteiger partial charge in [-0.3, -0.25) is 4.79 Å². The lowest BCUT2D eigenvalue weighted by Crippen LogP contribution is -2.49. The van der Waals surface area contributed by atoms with Crippen molar-refractivity contribution >= 4 is 33.8 Å². The van der Waals surface area contributed by atoms with Crippen LogP contribution in [0.4, 0.5) is 5.69 Å². The Bertz CT molecular complexity index is 1400. The van der Waals surface area contributed by atoms with E-state index in [9.17, 15) is 9.00 Å². The zero-order valence-electron chi connectivity index (χ0n) is 23.3. The van der Waals surface area contributed by atoms with Crippen LogP contribution >= 0.6 is 11.6 Å². The van der Waals surface area contributed by atoms with Crippen molar-refractivity contribution in [2.75, 3.05) is 37.5 Å². The molecule has 214 valence electrons. The average molecular weight is 582 g/mol.